The maximum absolute atomic E-state index is 13.0. The van der Waals surface area contributed by atoms with Gasteiger partial charge in [-0.1, -0.05) is 12.6 Å². The highest BCUT2D eigenvalue weighted by Gasteiger charge is 2.19. The number of hydrogen-bond donors (Lipinski definition) is 4. The van der Waals surface area contributed by atoms with Crippen molar-refractivity contribution in [1.82, 2.24) is 30.1 Å². The molecule has 9 heteroatoms. The molecule has 5 N–H and O–H groups in total. The number of nitrogens with one attached hydrogen (secondary N) is 3. The Hall–Kier alpha value is -3.14. The molecule has 8 nitrogen and oxygen atoms in total. The Labute approximate surface area is 197 Å². The lowest BCUT2D eigenvalue weighted by Crippen LogP contribution is -2.42. The molecule has 4 rings (SSSR count). The van der Waals surface area contributed by atoms with Crippen LogP contribution in [0.1, 0.15) is 24.1 Å². The minimum atomic E-state index is -0.115. The van der Waals surface area contributed by atoms with E-state index in [4.69, 9.17) is 10.7 Å². The fraction of sp³-hybridized carbons (Fsp3) is 0.333. The van der Waals surface area contributed by atoms with Gasteiger partial charge in [0.25, 0.3) is 0 Å². The van der Waals surface area contributed by atoms with E-state index in [0.29, 0.717) is 16.5 Å². The van der Waals surface area contributed by atoms with Crippen molar-refractivity contribution in [3.8, 4) is 5.13 Å². The van der Waals surface area contributed by atoms with Crippen LogP contribution in [0.5, 0.6) is 0 Å². The third-order valence-corrected chi connectivity index (χ3v) is 6.63. The number of imidazole rings is 1. The summed E-state index contributed by atoms with van der Waals surface area (Å²) in [6.07, 6.45) is 7.37. The molecule has 0 spiro atoms. The minimum absolute atomic E-state index is 0.115. The molecule has 1 aliphatic heterocycles. The van der Waals surface area contributed by atoms with Crippen LogP contribution in [-0.4, -0.2) is 39.8 Å². The molecule has 1 fully saturated rings. The number of aryl methyl sites for hydroxylation is 2. The number of nitrogens with two attached hydrogens (primary N) is 1. The van der Waals surface area contributed by atoms with Gasteiger partial charge in [0.05, 0.1) is 22.4 Å². The van der Waals surface area contributed by atoms with Gasteiger partial charge in [0.1, 0.15) is 0 Å². The molecule has 1 aromatic carbocycles. The molecule has 0 saturated carbocycles. The molecule has 3 aromatic rings. The third-order valence-electron chi connectivity index (χ3n) is 5.80. The normalized spacial score (nSPS) is 17.9. The molecule has 2 aromatic heterocycles. The number of aromatic nitrogens is 3. The Morgan fingerprint density at radius 3 is 3.00 bits per heavy atom. The van der Waals surface area contributed by atoms with Crippen LogP contribution in [0.15, 0.2) is 59.0 Å². The highest BCUT2D eigenvalue weighted by atomic mass is 32.1. The van der Waals surface area contributed by atoms with Crippen LogP contribution in [0, 0.1) is 6.92 Å². The second-order valence-corrected chi connectivity index (χ2v) is 9.03. The summed E-state index contributed by atoms with van der Waals surface area (Å²) in [4.78, 5) is 17.7. The molecule has 0 aliphatic carbocycles. The molecular weight excluding hydrogens is 434 g/mol. The zero-order valence-corrected chi connectivity index (χ0v) is 19.9. The van der Waals surface area contributed by atoms with E-state index in [9.17, 15) is 4.79 Å². The third kappa shape index (κ3) is 4.95. The maximum atomic E-state index is 13.0. The Morgan fingerprint density at radius 1 is 1.33 bits per heavy atom. The first kappa shape index (κ1) is 23.0. The van der Waals surface area contributed by atoms with Gasteiger partial charge >= 0.3 is 5.69 Å². The number of rotatable bonds is 6. The van der Waals surface area contributed by atoms with E-state index in [0.717, 1.165) is 54.8 Å². The van der Waals surface area contributed by atoms with E-state index < -0.39 is 0 Å². The fourth-order valence-electron chi connectivity index (χ4n) is 4.04. The van der Waals surface area contributed by atoms with E-state index >= 15 is 0 Å². The summed E-state index contributed by atoms with van der Waals surface area (Å²) in [5.74, 6) is 0. The predicted octanol–water partition coefficient (Wildman–Crippen LogP) is 2.35. The quantitative estimate of drug-likeness (QED) is 0.417. The lowest BCUT2D eigenvalue weighted by atomic mass is 10.1. The second-order valence-electron chi connectivity index (χ2n) is 8.19. The molecule has 1 aliphatic rings. The van der Waals surface area contributed by atoms with Gasteiger partial charge < -0.3 is 21.7 Å². The van der Waals surface area contributed by atoms with Crippen molar-refractivity contribution in [1.29, 1.82) is 0 Å². The van der Waals surface area contributed by atoms with Gasteiger partial charge in [0.15, 0.2) is 5.13 Å². The lowest BCUT2D eigenvalue weighted by Gasteiger charge is -2.26. The summed E-state index contributed by atoms with van der Waals surface area (Å²) in [6.45, 7) is 9.07. The molecule has 174 valence electrons. The average Bonchev–Trinajstić information content (AvgIpc) is 3.35. The van der Waals surface area contributed by atoms with Crippen molar-refractivity contribution in [2.75, 3.05) is 19.6 Å². The first-order valence-electron chi connectivity index (χ1n) is 11.1. The molecule has 0 bridgehead atoms. The summed E-state index contributed by atoms with van der Waals surface area (Å²) >= 11 is 1.42. The van der Waals surface area contributed by atoms with Gasteiger partial charge in [-0.3, -0.25) is 4.57 Å². The SMILES string of the molecule is C=C(N/C(=C/C=C\N)C1CCCNCCN1)c1csc(-n2c(=O)n(C)c3cc(C)ccc32)n1. The van der Waals surface area contributed by atoms with Gasteiger partial charge in [0.2, 0.25) is 0 Å². The Bertz CT molecular complexity index is 1260. The number of thiazole rings is 1. The second kappa shape index (κ2) is 10.2. The summed E-state index contributed by atoms with van der Waals surface area (Å²) in [5.41, 5.74) is 10.7. The summed E-state index contributed by atoms with van der Waals surface area (Å²) < 4.78 is 3.32. The number of benzene rings is 1. The molecule has 1 unspecified atom stereocenters. The van der Waals surface area contributed by atoms with Gasteiger partial charge in [0, 0.05) is 37.3 Å². The molecule has 3 heterocycles. The minimum Gasteiger partial charge on any atom is -0.405 e. The zero-order valence-electron chi connectivity index (χ0n) is 19.1. The summed E-state index contributed by atoms with van der Waals surface area (Å²) in [7, 11) is 1.79. The van der Waals surface area contributed by atoms with E-state index in [2.05, 4.69) is 22.5 Å². The van der Waals surface area contributed by atoms with Crippen molar-refractivity contribution in [3.05, 3.63) is 75.9 Å². The Morgan fingerprint density at radius 2 is 2.18 bits per heavy atom. The van der Waals surface area contributed by atoms with Gasteiger partial charge in [-0.25, -0.2) is 14.3 Å². The average molecular weight is 466 g/mol. The van der Waals surface area contributed by atoms with Crippen molar-refractivity contribution in [2.45, 2.75) is 25.8 Å². The number of nitrogens with zero attached hydrogens (tertiary/aromatic N) is 3. The smallest absolute Gasteiger partial charge is 0.335 e. The van der Waals surface area contributed by atoms with Crippen LogP contribution < -0.4 is 27.4 Å². The largest absolute Gasteiger partial charge is 0.405 e. The van der Waals surface area contributed by atoms with Crippen molar-refractivity contribution >= 4 is 28.1 Å². The van der Waals surface area contributed by atoms with Crippen molar-refractivity contribution in [3.63, 3.8) is 0 Å². The molecule has 33 heavy (non-hydrogen) atoms. The van der Waals surface area contributed by atoms with Crippen LogP contribution in [0.4, 0.5) is 0 Å². The molecular formula is C24H31N7OS. The van der Waals surface area contributed by atoms with E-state index in [1.165, 1.54) is 17.5 Å². The van der Waals surface area contributed by atoms with Crippen LogP contribution in [0.25, 0.3) is 21.9 Å². The van der Waals surface area contributed by atoms with Crippen LogP contribution in [0.2, 0.25) is 0 Å². The molecule has 1 atom stereocenters. The van der Waals surface area contributed by atoms with Gasteiger partial charge in [-0.2, -0.15) is 0 Å². The monoisotopic (exact) mass is 465 g/mol. The van der Waals surface area contributed by atoms with E-state index in [1.807, 2.05) is 42.7 Å². The van der Waals surface area contributed by atoms with E-state index in [-0.39, 0.29) is 11.7 Å². The van der Waals surface area contributed by atoms with Gasteiger partial charge in [-0.15, -0.1) is 11.3 Å². The van der Waals surface area contributed by atoms with Gasteiger partial charge in [-0.05, 0) is 62.4 Å². The van der Waals surface area contributed by atoms with Crippen molar-refractivity contribution < 1.29 is 0 Å². The zero-order chi connectivity index (χ0) is 23.4. The predicted molar refractivity (Wildman–Crippen MR) is 136 cm³/mol. The van der Waals surface area contributed by atoms with Crippen molar-refractivity contribution in [2.24, 2.45) is 12.8 Å². The van der Waals surface area contributed by atoms with Crippen LogP contribution in [0.3, 0.4) is 0 Å². The van der Waals surface area contributed by atoms with E-state index in [1.54, 1.807) is 16.2 Å². The molecule has 0 radical (unpaired) electrons. The maximum Gasteiger partial charge on any atom is 0.335 e. The Kier molecular flexibility index (Phi) is 7.12. The fourth-order valence-corrected chi connectivity index (χ4v) is 4.88. The van der Waals surface area contributed by atoms with Crippen LogP contribution >= 0.6 is 11.3 Å². The first-order chi connectivity index (χ1) is 16.0. The number of allylic oxidation sites excluding steroid dienone is 2. The first-order valence-corrected chi connectivity index (χ1v) is 12.0. The summed E-state index contributed by atoms with van der Waals surface area (Å²) in [5, 5.41) is 13.0. The van der Waals surface area contributed by atoms with Crippen LogP contribution in [-0.2, 0) is 7.05 Å². The number of hydrogen-bond acceptors (Lipinski definition) is 7. The lowest BCUT2D eigenvalue weighted by molar-refractivity contribution is 0.453. The highest BCUT2D eigenvalue weighted by Crippen LogP contribution is 2.24. The standard InChI is InChI=1S/C24H31N7OS/c1-16-8-9-21-22(14-16)30(3)24(32)31(21)23-29-20(15-33-23)17(2)28-19(6-4-10-25)18-7-5-11-26-12-13-27-18/h4,6,8-10,14-15,18,26-28H,2,5,7,11-13,25H2,1,3H3/b10-4-,19-6+. The molecule has 0 amide bonds. The summed E-state index contributed by atoms with van der Waals surface area (Å²) in [6, 6.07) is 6.16. The Balaban J connectivity index is 1.60. The topological polar surface area (TPSA) is 102 Å². The highest BCUT2D eigenvalue weighted by molar-refractivity contribution is 7.12. The number of fused-ring (bicyclic) bond motifs is 1. The molecule has 1 saturated heterocycles.